The molecule has 0 unspecified atom stereocenters. The predicted octanol–water partition coefficient (Wildman–Crippen LogP) is 1.16. The molecule has 0 saturated heterocycles. The molecule has 0 aliphatic carbocycles. The summed E-state index contributed by atoms with van der Waals surface area (Å²) in [5.41, 5.74) is 6.01. The fourth-order valence-electron chi connectivity index (χ4n) is 1.23. The van der Waals surface area contributed by atoms with Crippen molar-refractivity contribution in [2.75, 3.05) is 5.73 Å². The number of hydrogen-bond acceptors (Lipinski definition) is 3. The molecule has 1 aromatic heterocycles. The van der Waals surface area contributed by atoms with Crippen molar-refractivity contribution in [1.29, 1.82) is 0 Å². The molecule has 2 aromatic rings. The van der Waals surface area contributed by atoms with Gasteiger partial charge < -0.3 is 20.9 Å². The van der Waals surface area contributed by atoms with E-state index in [0.29, 0.717) is 16.7 Å². The van der Waals surface area contributed by atoms with Crippen LogP contribution < -0.4 is 5.73 Å². The second-order valence-corrected chi connectivity index (χ2v) is 2.65. The summed E-state index contributed by atoms with van der Waals surface area (Å²) in [6, 6.07) is 4.44. The first kappa shape index (κ1) is 6.84. The number of aromatic amines is 1. The Kier molecular flexibility index (Phi) is 1.18. The van der Waals surface area contributed by atoms with Gasteiger partial charge in [-0.3, -0.25) is 0 Å². The number of anilines is 1. The Morgan fingerprint density at radius 1 is 1.17 bits per heavy atom. The standard InChI is InChI=1S/C8H8N2O2/c9-7-2-4-1-5(11)3-6(12)8(4)10-7/h1-3,10-12H,9H2. The van der Waals surface area contributed by atoms with Gasteiger partial charge in [0.05, 0.1) is 5.52 Å². The summed E-state index contributed by atoms with van der Waals surface area (Å²) in [6.45, 7) is 0. The maximum Gasteiger partial charge on any atom is 0.143 e. The van der Waals surface area contributed by atoms with Crippen LogP contribution in [0.5, 0.6) is 11.5 Å². The summed E-state index contributed by atoms with van der Waals surface area (Å²) in [4.78, 5) is 2.77. The zero-order valence-electron chi connectivity index (χ0n) is 6.20. The fourth-order valence-corrected chi connectivity index (χ4v) is 1.23. The summed E-state index contributed by atoms with van der Waals surface area (Å²) in [6.07, 6.45) is 0. The molecule has 0 aliphatic heterocycles. The molecule has 4 nitrogen and oxygen atoms in total. The molecule has 0 spiro atoms. The van der Waals surface area contributed by atoms with Crippen molar-refractivity contribution < 1.29 is 10.2 Å². The molecule has 0 fully saturated rings. The molecule has 0 amide bonds. The number of hydrogen-bond donors (Lipinski definition) is 4. The number of benzene rings is 1. The minimum Gasteiger partial charge on any atom is -0.508 e. The lowest BCUT2D eigenvalue weighted by Gasteiger charge is -1.95. The topological polar surface area (TPSA) is 82.3 Å². The van der Waals surface area contributed by atoms with Gasteiger partial charge in [0.2, 0.25) is 0 Å². The van der Waals surface area contributed by atoms with E-state index in [0.717, 1.165) is 0 Å². The maximum absolute atomic E-state index is 9.32. The molecule has 1 heterocycles. The molecule has 0 saturated carbocycles. The molecule has 4 heteroatoms. The van der Waals surface area contributed by atoms with Crippen LogP contribution in [0.15, 0.2) is 18.2 Å². The third-order valence-electron chi connectivity index (χ3n) is 1.71. The zero-order valence-corrected chi connectivity index (χ0v) is 6.20. The second-order valence-electron chi connectivity index (χ2n) is 2.65. The van der Waals surface area contributed by atoms with Crippen LogP contribution in [-0.4, -0.2) is 15.2 Å². The number of nitrogens with one attached hydrogen (secondary N) is 1. The molecular weight excluding hydrogens is 156 g/mol. The van der Waals surface area contributed by atoms with E-state index in [1.54, 1.807) is 6.07 Å². The van der Waals surface area contributed by atoms with Gasteiger partial charge in [-0.2, -0.15) is 0 Å². The van der Waals surface area contributed by atoms with Crippen LogP contribution in [0.25, 0.3) is 10.9 Å². The lowest BCUT2D eigenvalue weighted by atomic mass is 10.2. The zero-order chi connectivity index (χ0) is 8.72. The Morgan fingerprint density at radius 3 is 2.67 bits per heavy atom. The molecule has 0 bridgehead atoms. The molecule has 1 aromatic carbocycles. The van der Waals surface area contributed by atoms with Gasteiger partial charge >= 0.3 is 0 Å². The van der Waals surface area contributed by atoms with E-state index in [4.69, 9.17) is 10.8 Å². The van der Waals surface area contributed by atoms with Crippen molar-refractivity contribution in [2.24, 2.45) is 0 Å². The van der Waals surface area contributed by atoms with Crippen molar-refractivity contribution in [3.8, 4) is 11.5 Å². The monoisotopic (exact) mass is 164 g/mol. The first-order chi connectivity index (χ1) is 5.66. The number of H-pyrrole nitrogens is 1. The molecular formula is C8H8N2O2. The first-order valence-electron chi connectivity index (χ1n) is 3.47. The highest BCUT2D eigenvalue weighted by Crippen LogP contribution is 2.30. The van der Waals surface area contributed by atoms with Crippen molar-refractivity contribution in [3.63, 3.8) is 0 Å². The number of aromatic nitrogens is 1. The largest absolute Gasteiger partial charge is 0.508 e. The molecule has 12 heavy (non-hydrogen) atoms. The van der Waals surface area contributed by atoms with Crippen LogP contribution in [0.4, 0.5) is 5.82 Å². The van der Waals surface area contributed by atoms with Crippen LogP contribution >= 0.6 is 0 Å². The summed E-state index contributed by atoms with van der Waals surface area (Å²) in [5, 5.41) is 19.1. The quantitative estimate of drug-likeness (QED) is 0.471. The van der Waals surface area contributed by atoms with Gasteiger partial charge in [-0.1, -0.05) is 0 Å². The van der Waals surface area contributed by atoms with Gasteiger partial charge in [-0.15, -0.1) is 0 Å². The summed E-state index contributed by atoms with van der Waals surface area (Å²) in [7, 11) is 0. The van der Waals surface area contributed by atoms with Crippen molar-refractivity contribution in [3.05, 3.63) is 18.2 Å². The Morgan fingerprint density at radius 2 is 1.92 bits per heavy atom. The molecule has 2 rings (SSSR count). The minimum absolute atomic E-state index is 0.00157. The van der Waals surface area contributed by atoms with Crippen LogP contribution in [0.1, 0.15) is 0 Å². The molecule has 62 valence electrons. The lowest BCUT2D eigenvalue weighted by Crippen LogP contribution is -1.80. The average Bonchev–Trinajstić information content (AvgIpc) is 2.29. The van der Waals surface area contributed by atoms with E-state index in [2.05, 4.69) is 4.98 Å². The van der Waals surface area contributed by atoms with Crippen molar-refractivity contribution >= 4 is 16.7 Å². The van der Waals surface area contributed by atoms with E-state index in [1.807, 2.05) is 0 Å². The third-order valence-corrected chi connectivity index (χ3v) is 1.71. The van der Waals surface area contributed by atoms with Crippen LogP contribution in [0.2, 0.25) is 0 Å². The van der Waals surface area contributed by atoms with Crippen LogP contribution in [0.3, 0.4) is 0 Å². The molecule has 0 atom stereocenters. The highest BCUT2D eigenvalue weighted by Gasteiger charge is 2.04. The third kappa shape index (κ3) is 0.852. The van der Waals surface area contributed by atoms with E-state index < -0.39 is 0 Å². The van der Waals surface area contributed by atoms with Gasteiger partial charge in [0.1, 0.15) is 17.3 Å². The summed E-state index contributed by atoms with van der Waals surface area (Å²) >= 11 is 0. The van der Waals surface area contributed by atoms with Crippen molar-refractivity contribution in [2.45, 2.75) is 0 Å². The van der Waals surface area contributed by atoms with Gasteiger partial charge in [-0.05, 0) is 12.1 Å². The number of phenolic OH excluding ortho intramolecular Hbond substituents is 2. The Bertz CT molecular complexity index is 434. The summed E-state index contributed by atoms with van der Waals surface area (Å²) in [5.74, 6) is 0.492. The fraction of sp³-hybridized carbons (Fsp3) is 0. The van der Waals surface area contributed by atoms with Crippen molar-refractivity contribution in [1.82, 2.24) is 4.98 Å². The van der Waals surface area contributed by atoms with E-state index in [9.17, 15) is 5.11 Å². The number of fused-ring (bicyclic) bond motifs is 1. The van der Waals surface area contributed by atoms with Crippen LogP contribution in [-0.2, 0) is 0 Å². The van der Waals surface area contributed by atoms with Crippen LogP contribution in [0, 0.1) is 0 Å². The molecule has 0 radical (unpaired) electrons. The van der Waals surface area contributed by atoms with Gasteiger partial charge in [0, 0.05) is 11.5 Å². The molecule has 5 N–H and O–H groups in total. The lowest BCUT2D eigenvalue weighted by molar-refractivity contribution is 0.454. The van der Waals surface area contributed by atoms with Gasteiger partial charge in [0.25, 0.3) is 0 Å². The number of phenols is 2. The maximum atomic E-state index is 9.32. The summed E-state index contributed by atoms with van der Waals surface area (Å²) < 4.78 is 0. The minimum atomic E-state index is 0.00157. The van der Waals surface area contributed by atoms with E-state index >= 15 is 0 Å². The Balaban J connectivity index is 2.88. The van der Waals surface area contributed by atoms with E-state index in [-0.39, 0.29) is 11.5 Å². The second kappa shape index (κ2) is 2.07. The normalized spacial score (nSPS) is 10.7. The number of aromatic hydroxyl groups is 2. The predicted molar refractivity (Wildman–Crippen MR) is 46.0 cm³/mol. The number of nitrogens with two attached hydrogens (primary N) is 1. The van der Waals surface area contributed by atoms with Gasteiger partial charge in [-0.25, -0.2) is 0 Å². The van der Waals surface area contributed by atoms with Gasteiger partial charge in [0.15, 0.2) is 0 Å². The smallest absolute Gasteiger partial charge is 0.143 e. The Hall–Kier alpha value is -1.84. The molecule has 0 aliphatic rings. The van der Waals surface area contributed by atoms with E-state index in [1.165, 1.54) is 12.1 Å². The SMILES string of the molecule is Nc1cc2cc(O)cc(O)c2[nH]1. The first-order valence-corrected chi connectivity index (χ1v) is 3.47. The Labute approximate surface area is 68.3 Å². The number of rotatable bonds is 0. The highest BCUT2D eigenvalue weighted by atomic mass is 16.3. The average molecular weight is 164 g/mol. The number of nitrogen functional groups attached to an aromatic ring is 1. The highest BCUT2D eigenvalue weighted by molar-refractivity contribution is 5.89.